The quantitative estimate of drug-likeness (QED) is 0.680. The molecule has 0 aromatic heterocycles. The van der Waals surface area contributed by atoms with Crippen molar-refractivity contribution in [2.45, 2.75) is 19.2 Å². The zero-order valence-electron chi connectivity index (χ0n) is 11.2. The minimum Gasteiger partial charge on any atom is -0.497 e. The third kappa shape index (κ3) is 3.31. The van der Waals surface area contributed by atoms with Crippen LogP contribution < -0.4 is 4.74 Å². The highest BCUT2D eigenvalue weighted by Gasteiger charge is 2.15. The van der Waals surface area contributed by atoms with Gasteiger partial charge in [0.2, 0.25) is 0 Å². The predicted molar refractivity (Wildman–Crippen MR) is 84.3 cm³/mol. The van der Waals surface area contributed by atoms with Crippen LogP contribution in [0.3, 0.4) is 0 Å². The Bertz CT molecular complexity index is 575. The monoisotopic (exact) mass is 338 g/mol. The van der Waals surface area contributed by atoms with E-state index in [0.29, 0.717) is 0 Å². The maximum absolute atomic E-state index is 6.61. The summed E-state index contributed by atoms with van der Waals surface area (Å²) in [7, 11) is 1.66. The van der Waals surface area contributed by atoms with Crippen LogP contribution >= 0.6 is 27.5 Å². The van der Waals surface area contributed by atoms with E-state index in [9.17, 15) is 0 Å². The molecule has 1 unspecified atom stereocenters. The van der Waals surface area contributed by atoms with Crippen molar-refractivity contribution in [3.8, 4) is 5.75 Å². The summed E-state index contributed by atoms with van der Waals surface area (Å²) < 4.78 is 6.16. The van der Waals surface area contributed by atoms with Gasteiger partial charge in [-0.3, -0.25) is 0 Å². The van der Waals surface area contributed by atoms with Crippen molar-refractivity contribution in [2.24, 2.45) is 0 Å². The van der Waals surface area contributed by atoms with Gasteiger partial charge in [-0.2, -0.15) is 0 Å². The lowest BCUT2D eigenvalue weighted by Crippen LogP contribution is -1.97. The van der Waals surface area contributed by atoms with E-state index in [2.05, 4.69) is 48.0 Å². The Morgan fingerprint density at radius 3 is 2.21 bits per heavy atom. The number of halogens is 2. The van der Waals surface area contributed by atoms with Crippen LogP contribution in [-0.2, 0) is 0 Å². The van der Waals surface area contributed by atoms with Crippen molar-refractivity contribution in [1.82, 2.24) is 0 Å². The molecule has 2 aromatic carbocycles. The van der Waals surface area contributed by atoms with E-state index in [1.807, 2.05) is 18.2 Å². The molecule has 0 saturated heterocycles. The van der Waals surface area contributed by atoms with E-state index >= 15 is 0 Å². The van der Waals surface area contributed by atoms with Crippen LogP contribution in [0.25, 0.3) is 0 Å². The Balaban J connectivity index is 2.40. The molecule has 0 amide bonds. The van der Waals surface area contributed by atoms with Gasteiger partial charge < -0.3 is 4.74 Å². The van der Waals surface area contributed by atoms with E-state index in [4.69, 9.17) is 16.3 Å². The van der Waals surface area contributed by atoms with Gasteiger partial charge in [0.05, 0.1) is 12.5 Å². The second-order valence-electron chi connectivity index (χ2n) is 4.67. The van der Waals surface area contributed by atoms with Crippen molar-refractivity contribution >= 4 is 27.5 Å². The van der Waals surface area contributed by atoms with Crippen molar-refractivity contribution in [3.05, 3.63) is 63.1 Å². The molecule has 0 aliphatic rings. The van der Waals surface area contributed by atoms with Gasteiger partial charge in [-0.05, 0) is 37.1 Å². The van der Waals surface area contributed by atoms with Crippen molar-refractivity contribution < 1.29 is 4.74 Å². The van der Waals surface area contributed by atoms with Gasteiger partial charge in [0.15, 0.2) is 0 Å². The van der Waals surface area contributed by atoms with Crippen LogP contribution in [0.5, 0.6) is 5.75 Å². The SMILES string of the molecule is COc1ccc(C(Cl)c2cc(C)cc(C)c2)c(Br)c1. The molecule has 0 radical (unpaired) electrons. The zero-order valence-corrected chi connectivity index (χ0v) is 13.5. The molecule has 0 bridgehead atoms. The lowest BCUT2D eigenvalue weighted by atomic mass is 10.0. The lowest BCUT2D eigenvalue weighted by Gasteiger charge is -2.15. The first-order chi connectivity index (χ1) is 9.01. The predicted octanol–water partition coefficient (Wildman–Crippen LogP) is 5.40. The fourth-order valence-corrected chi connectivity index (χ4v) is 3.21. The average molecular weight is 340 g/mol. The molecule has 2 aromatic rings. The Kier molecular flexibility index (Phi) is 4.54. The summed E-state index contributed by atoms with van der Waals surface area (Å²) in [5.74, 6) is 0.819. The number of rotatable bonds is 3. The second-order valence-corrected chi connectivity index (χ2v) is 5.96. The molecule has 0 saturated carbocycles. The largest absolute Gasteiger partial charge is 0.497 e. The molecule has 2 rings (SSSR count). The molecule has 100 valence electrons. The molecule has 0 N–H and O–H groups in total. The van der Waals surface area contributed by atoms with Crippen LogP contribution in [0, 0.1) is 13.8 Å². The van der Waals surface area contributed by atoms with E-state index in [-0.39, 0.29) is 5.38 Å². The van der Waals surface area contributed by atoms with Crippen LogP contribution in [0.2, 0.25) is 0 Å². The summed E-state index contributed by atoms with van der Waals surface area (Å²) in [6.45, 7) is 4.17. The molecular formula is C16H16BrClO. The first-order valence-corrected chi connectivity index (χ1v) is 7.30. The molecular weight excluding hydrogens is 324 g/mol. The number of methoxy groups -OCH3 is 1. The molecule has 19 heavy (non-hydrogen) atoms. The second kappa shape index (κ2) is 5.98. The Labute approximate surface area is 127 Å². The van der Waals surface area contributed by atoms with Crippen LogP contribution in [0.15, 0.2) is 40.9 Å². The summed E-state index contributed by atoms with van der Waals surface area (Å²) >= 11 is 10.2. The topological polar surface area (TPSA) is 9.23 Å². The highest BCUT2D eigenvalue weighted by atomic mass is 79.9. The van der Waals surface area contributed by atoms with Gasteiger partial charge in [-0.25, -0.2) is 0 Å². The van der Waals surface area contributed by atoms with E-state index < -0.39 is 0 Å². The number of hydrogen-bond donors (Lipinski definition) is 0. The van der Waals surface area contributed by atoms with E-state index in [1.165, 1.54) is 11.1 Å². The van der Waals surface area contributed by atoms with Gasteiger partial charge in [-0.15, -0.1) is 11.6 Å². The van der Waals surface area contributed by atoms with E-state index in [1.54, 1.807) is 7.11 Å². The van der Waals surface area contributed by atoms with Crippen molar-refractivity contribution in [2.75, 3.05) is 7.11 Å². The number of alkyl halides is 1. The summed E-state index contributed by atoms with van der Waals surface area (Å²) in [6, 6.07) is 12.3. The van der Waals surface area contributed by atoms with Crippen LogP contribution in [-0.4, -0.2) is 7.11 Å². The van der Waals surface area contributed by atoms with Gasteiger partial charge >= 0.3 is 0 Å². The van der Waals surface area contributed by atoms with E-state index in [0.717, 1.165) is 21.3 Å². The Hall–Kier alpha value is -0.990. The van der Waals surface area contributed by atoms with Crippen LogP contribution in [0.1, 0.15) is 27.6 Å². The van der Waals surface area contributed by atoms with Crippen LogP contribution in [0.4, 0.5) is 0 Å². The third-order valence-corrected chi connectivity index (χ3v) is 4.19. The first-order valence-electron chi connectivity index (χ1n) is 6.07. The fourth-order valence-electron chi connectivity index (χ4n) is 2.18. The van der Waals surface area contributed by atoms with Crippen molar-refractivity contribution in [1.29, 1.82) is 0 Å². The molecule has 1 nitrogen and oxygen atoms in total. The smallest absolute Gasteiger partial charge is 0.120 e. The Morgan fingerprint density at radius 2 is 1.68 bits per heavy atom. The van der Waals surface area contributed by atoms with Gasteiger partial charge in [0, 0.05) is 4.47 Å². The summed E-state index contributed by atoms with van der Waals surface area (Å²) in [5, 5.41) is -0.168. The molecule has 0 spiro atoms. The highest BCUT2D eigenvalue weighted by molar-refractivity contribution is 9.10. The first kappa shape index (κ1) is 14.4. The summed E-state index contributed by atoms with van der Waals surface area (Å²) in [6.07, 6.45) is 0. The van der Waals surface area contributed by atoms with Crippen molar-refractivity contribution in [3.63, 3.8) is 0 Å². The summed E-state index contributed by atoms with van der Waals surface area (Å²) in [5.41, 5.74) is 4.62. The molecule has 3 heteroatoms. The summed E-state index contributed by atoms with van der Waals surface area (Å²) in [4.78, 5) is 0. The van der Waals surface area contributed by atoms with Gasteiger partial charge in [0.1, 0.15) is 5.75 Å². The number of ether oxygens (including phenoxy) is 1. The fraction of sp³-hybridized carbons (Fsp3) is 0.250. The number of hydrogen-bond acceptors (Lipinski definition) is 1. The average Bonchev–Trinajstić information content (AvgIpc) is 2.36. The van der Waals surface area contributed by atoms with Gasteiger partial charge in [0.25, 0.3) is 0 Å². The molecule has 0 heterocycles. The lowest BCUT2D eigenvalue weighted by molar-refractivity contribution is 0.414. The van der Waals surface area contributed by atoms with Gasteiger partial charge in [-0.1, -0.05) is 51.3 Å². The Morgan fingerprint density at radius 1 is 1.05 bits per heavy atom. The third-order valence-electron chi connectivity index (χ3n) is 3.02. The number of aryl methyl sites for hydroxylation is 2. The highest BCUT2D eigenvalue weighted by Crippen LogP contribution is 2.36. The molecule has 1 atom stereocenters. The zero-order chi connectivity index (χ0) is 14.0. The standard InChI is InChI=1S/C16H16BrClO/c1-10-6-11(2)8-12(7-10)16(18)14-5-4-13(19-3)9-15(14)17/h4-9,16H,1-3H3. The number of benzene rings is 2. The maximum Gasteiger partial charge on any atom is 0.120 e. The molecule has 0 aliphatic carbocycles. The normalized spacial score (nSPS) is 12.3. The minimum atomic E-state index is -0.168. The molecule has 0 aliphatic heterocycles. The molecule has 0 fully saturated rings. The minimum absolute atomic E-state index is 0.168. The maximum atomic E-state index is 6.61.